The normalized spacial score (nSPS) is 11.9. The highest BCUT2D eigenvalue weighted by atomic mass is 16.3. The molecule has 0 saturated heterocycles. The van der Waals surface area contributed by atoms with E-state index in [2.05, 4.69) is 89.5 Å². The van der Waals surface area contributed by atoms with E-state index in [-0.39, 0.29) is 0 Å². The van der Waals surface area contributed by atoms with Gasteiger partial charge in [-0.2, -0.15) is 0 Å². The standard InChI is InChI=1S/C45H26N4O2/c1-2-13-27(14-3-1)43-46-44(33-19-12-24-40-41(33)32-18-7-11-23-39(32)50-40)48-45(47-43)35-26-28(25-34-31-17-6-10-22-38(31)51-42(34)35)49-36-20-8-4-15-29(36)30-16-5-9-21-37(30)49/h1-26H. The number of benzene rings is 7. The predicted molar refractivity (Wildman–Crippen MR) is 205 cm³/mol. The van der Waals surface area contributed by atoms with Gasteiger partial charge in [-0.1, -0.05) is 115 Å². The van der Waals surface area contributed by atoms with Crippen molar-refractivity contribution in [3.8, 4) is 39.9 Å². The maximum atomic E-state index is 6.67. The fourth-order valence-electron chi connectivity index (χ4n) is 7.60. The van der Waals surface area contributed by atoms with Crippen LogP contribution in [-0.4, -0.2) is 19.5 Å². The third-order valence-electron chi connectivity index (χ3n) is 9.85. The average molecular weight is 655 g/mol. The molecule has 0 aliphatic rings. The predicted octanol–water partition coefficient (Wildman–Crippen LogP) is 11.8. The first-order valence-electron chi connectivity index (χ1n) is 16.9. The van der Waals surface area contributed by atoms with Crippen molar-refractivity contribution in [2.45, 2.75) is 0 Å². The maximum Gasteiger partial charge on any atom is 0.167 e. The first kappa shape index (κ1) is 27.9. The van der Waals surface area contributed by atoms with Gasteiger partial charge in [-0.15, -0.1) is 0 Å². The van der Waals surface area contributed by atoms with Gasteiger partial charge in [-0.3, -0.25) is 0 Å². The number of hydrogen-bond donors (Lipinski definition) is 0. The van der Waals surface area contributed by atoms with E-state index in [0.717, 1.165) is 77.3 Å². The molecule has 6 nitrogen and oxygen atoms in total. The summed E-state index contributed by atoms with van der Waals surface area (Å²) in [5.74, 6) is 1.66. The lowest BCUT2D eigenvalue weighted by molar-refractivity contribution is 0.668. The zero-order chi connectivity index (χ0) is 33.5. The topological polar surface area (TPSA) is 69.9 Å². The van der Waals surface area contributed by atoms with Crippen molar-refractivity contribution in [2.24, 2.45) is 0 Å². The van der Waals surface area contributed by atoms with E-state index < -0.39 is 0 Å². The first-order chi connectivity index (χ1) is 25.3. The molecule has 0 atom stereocenters. The summed E-state index contributed by atoms with van der Waals surface area (Å²) in [6.07, 6.45) is 0. The highest BCUT2D eigenvalue weighted by Gasteiger charge is 2.22. The van der Waals surface area contributed by atoms with E-state index in [1.54, 1.807) is 0 Å². The summed E-state index contributed by atoms with van der Waals surface area (Å²) in [5, 5.41) is 6.40. The van der Waals surface area contributed by atoms with Gasteiger partial charge in [0.15, 0.2) is 17.5 Å². The fraction of sp³-hybridized carbons (Fsp3) is 0. The number of para-hydroxylation sites is 4. The zero-order valence-corrected chi connectivity index (χ0v) is 27.1. The van der Waals surface area contributed by atoms with Crippen molar-refractivity contribution in [2.75, 3.05) is 0 Å². The minimum absolute atomic E-state index is 0.523. The summed E-state index contributed by atoms with van der Waals surface area (Å²) in [5.41, 5.74) is 8.92. The summed E-state index contributed by atoms with van der Waals surface area (Å²) in [6.45, 7) is 0. The van der Waals surface area contributed by atoms with Crippen LogP contribution in [-0.2, 0) is 0 Å². The third-order valence-corrected chi connectivity index (χ3v) is 9.85. The molecule has 0 saturated carbocycles. The molecule has 11 rings (SSSR count). The van der Waals surface area contributed by atoms with E-state index >= 15 is 0 Å². The highest BCUT2D eigenvalue weighted by molar-refractivity contribution is 6.14. The van der Waals surface area contributed by atoms with E-state index in [0.29, 0.717) is 17.5 Å². The van der Waals surface area contributed by atoms with E-state index in [4.69, 9.17) is 23.8 Å². The van der Waals surface area contributed by atoms with Gasteiger partial charge in [0, 0.05) is 49.1 Å². The molecule has 0 bridgehead atoms. The molecule has 6 heteroatoms. The van der Waals surface area contributed by atoms with Crippen LogP contribution in [0.3, 0.4) is 0 Å². The molecule has 0 aliphatic carbocycles. The molecule has 0 radical (unpaired) electrons. The van der Waals surface area contributed by atoms with Crippen molar-refractivity contribution in [1.29, 1.82) is 0 Å². The van der Waals surface area contributed by atoms with Crippen molar-refractivity contribution in [3.05, 3.63) is 158 Å². The lowest BCUT2D eigenvalue weighted by Gasteiger charge is -2.13. The molecule has 51 heavy (non-hydrogen) atoms. The van der Waals surface area contributed by atoms with Crippen molar-refractivity contribution < 1.29 is 8.83 Å². The second-order valence-electron chi connectivity index (χ2n) is 12.8. The number of rotatable bonds is 4. The fourth-order valence-corrected chi connectivity index (χ4v) is 7.60. The molecular weight excluding hydrogens is 629 g/mol. The summed E-state index contributed by atoms with van der Waals surface area (Å²) < 4.78 is 15.3. The largest absolute Gasteiger partial charge is 0.456 e. The van der Waals surface area contributed by atoms with E-state index in [1.807, 2.05) is 72.8 Å². The first-order valence-corrected chi connectivity index (χ1v) is 16.9. The molecule has 0 amide bonds. The summed E-state index contributed by atoms with van der Waals surface area (Å²) in [6, 6.07) is 53.9. The SMILES string of the molecule is c1ccc(-c2nc(-c3cc(-n4c5ccccc5c5ccccc54)cc4c3oc3ccccc34)nc(-c3cccc4oc5ccccc5c34)n2)cc1. The molecular formula is C45H26N4O2. The van der Waals surface area contributed by atoms with Gasteiger partial charge in [0.2, 0.25) is 0 Å². The smallest absolute Gasteiger partial charge is 0.167 e. The van der Waals surface area contributed by atoms with Gasteiger partial charge < -0.3 is 13.4 Å². The Morgan fingerprint density at radius 1 is 0.392 bits per heavy atom. The summed E-state index contributed by atoms with van der Waals surface area (Å²) in [4.78, 5) is 15.6. The lowest BCUT2D eigenvalue weighted by atomic mass is 10.0. The highest BCUT2D eigenvalue weighted by Crippen LogP contribution is 2.41. The number of aromatic nitrogens is 4. The van der Waals surface area contributed by atoms with Crippen LogP contribution in [0.4, 0.5) is 0 Å². The Labute approximate surface area is 290 Å². The Kier molecular flexibility index (Phi) is 5.86. The Hall–Kier alpha value is -7.05. The number of furan rings is 2. The molecule has 4 heterocycles. The third kappa shape index (κ3) is 4.20. The summed E-state index contributed by atoms with van der Waals surface area (Å²) >= 11 is 0. The van der Waals surface area contributed by atoms with Crippen LogP contribution >= 0.6 is 0 Å². The summed E-state index contributed by atoms with van der Waals surface area (Å²) in [7, 11) is 0. The van der Waals surface area contributed by atoms with Crippen LogP contribution in [0, 0.1) is 0 Å². The molecule has 0 aliphatic heterocycles. The van der Waals surface area contributed by atoms with Crippen LogP contribution in [0.2, 0.25) is 0 Å². The minimum atomic E-state index is 0.523. The van der Waals surface area contributed by atoms with Crippen LogP contribution < -0.4 is 0 Å². The number of fused-ring (bicyclic) bond motifs is 9. The van der Waals surface area contributed by atoms with Gasteiger partial charge >= 0.3 is 0 Å². The molecule has 4 aromatic heterocycles. The van der Waals surface area contributed by atoms with Crippen LogP contribution in [0.25, 0.3) is 106 Å². The molecule has 238 valence electrons. The Morgan fingerprint density at radius 3 is 1.71 bits per heavy atom. The van der Waals surface area contributed by atoms with Gasteiger partial charge in [0.25, 0.3) is 0 Å². The maximum absolute atomic E-state index is 6.67. The molecule has 7 aromatic carbocycles. The van der Waals surface area contributed by atoms with E-state index in [9.17, 15) is 0 Å². The number of hydrogen-bond acceptors (Lipinski definition) is 5. The quantitative estimate of drug-likeness (QED) is 0.189. The number of nitrogens with zero attached hydrogens (tertiary/aromatic N) is 4. The Bertz CT molecular complexity index is 3100. The zero-order valence-electron chi connectivity index (χ0n) is 27.1. The van der Waals surface area contributed by atoms with Gasteiger partial charge in [-0.05, 0) is 42.5 Å². The van der Waals surface area contributed by atoms with Crippen LogP contribution in [0.5, 0.6) is 0 Å². The molecule has 0 N–H and O–H groups in total. The van der Waals surface area contributed by atoms with Crippen LogP contribution in [0.15, 0.2) is 167 Å². The van der Waals surface area contributed by atoms with Crippen molar-refractivity contribution in [3.63, 3.8) is 0 Å². The van der Waals surface area contributed by atoms with Crippen molar-refractivity contribution in [1.82, 2.24) is 19.5 Å². The Morgan fingerprint density at radius 2 is 0.961 bits per heavy atom. The average Bonchev–Trinajstić information content (AvgIpc) is 3.87. The van der Waals surface area contributed by atoms with E-state index in [1.165, 1.54) is 10.8 Å². The van der Waals surface area contributed by atoms with Gasteiger partial charge in [0.05, 0.1) is 16.6 Å². The second-order valence-corrected chi connectivity index (χ2v) is 12.8. The molecule has 11 aromatic rings. The molecule has 0 fully saturated rings. The molecule has 0 spiro atoms. The Balaban J connectivity index is 1.25. The van der Waals surface area contributed by atoms with Crippen molar-refractivity contribution >= 4 is 65.7 Å². The monoisotopic (exact) mass is 654 g/mol. The van der Waals surface area contributed by atoms with Crippen LogP contribution in [0.1, 0.15) is 0 Å². The lowest BCUT2D eigenvalue weighted by Crippen LogP contribution is -2.02. The van der Waals surface area contributed by atoms with Gasteiger partial charge in [-0.25, -0.2) is 15.0 Å². The second kappa shape index (κ2) is 10.7. The minimum Gasteiger partial charge on any atom is -0.456 e. The molecule has 0 unspecified atom stereocenters. The van der Waals surface area contributed by atoms with Gasteiger partial charge in [0.1, 0.15) is 22.3 Å².